The second kappa shape index (κ2) is 30.5. The quantitative estimate of drug-likeness (QED) is 0.0549. The number of nitrogens with one attached hydrogen (secondary N) is 4. The highest BCUT2D eigenvalue weighted by Gasteiger charge is 2.30. The minimum absolute atomic E-state index is 0.158. The lowest BCUT2D eigenvalue weighted by Crippen LogP contribution is -2.28. The van der Waals surface area contributed by atoms with E-state index in [9.17, 15) is 0 Å². The van der Waals surface area contributed by atoms with Crippen molar-refractivity contribution in [2.24, 2.45) is 0 Å². The zero-order valence-electron chi connectivity index (χ0n) is 55.9. The van der Waals surface area contributed by atoms with Crippen molar-refractivity contribution >= 4 is 68.8 Å². The van der Waals surface area contributed by atoms with Crippen molar-refractivity contribution in [3.8, 4) is 23.0 Å². The van der Waals surface area contributed by atoms with E-state index in [1.54, 1.807) is 0 Å². The van der Waals surface area contributed by atoms with Gasteiger partial charge in [-0.05, 0) is 111 Å². The smallest absolute Gasteiger partial charge is 0.138 e. The highest BCUT2D eigenvalue weighted by atomic mass is 32.1. The molecular weight excluding hydrogens is 1210 g/mol. The Morgan fingerprint density at radius 2 is 0.446 bits per heavy atom. The zero-order chi connectivity index (χ0) is 65.8. The third-order valence-electron chi connectivity index (χ3n) is 16.7. The molecule has 0 atom stereocenters. The van der Waals surface area contributed by atoms with Gasteiger partial charge in [-0.1, -0.05) is 302 Å². The number of hydrogen-bond acceptors (Lipinski definition) is 8. The van der Waals surface area contributed by atoms with Gasteiger partial charge in [0, 0.05) is 51.9 Å². The second-order valence-corrected chi connectivity index (χ2v) is 30.4. The van der Waals surface area contributed by atoms with Gasteiger partial charge >= 0.3 is 0 Å². The van der Waals surface area contributed by atoms with E-state index in [2.05, 4.69) is 201 Å². The van der Waals surface area contributed by atoms with E-state index in [-0.39, 0.29) is 48.1 Å². The van der Waals surface area contributed by atoms with Crippen molar-refractivity contribution in [2.45, 2.75) is 157 Å². The highest BCUT2D eigenvalue weighted by molar-refractivity contribution is 7.81. The molecule has 4 N–H and O–H groups in total. The Morgan fingerprint density at radius 1 is 0.283 bits per heavy atom. The van der Waals surface area contributed by atoms with Crippen LogP contribution in [0.5, 0.6) is 23.0 Å². The van der Waals surface area contributed by atoms with Crippen LogP contribution in [0.1, 0.15) is 172 Å². The van der Waals surface area contributed by atoms with Gasteiger partial charge in [0.2, 0.25) is 0 Å². The number of hydrogen-bond donors (Lipinski definition) is 4. The van der Waals surface area contributed by atoms with E-state index in [0.717, 1.165) is 89.8 Å². The fourth-order valence-electron chi connectivity index (χ4n) is 11.3. The van der Waals surface area contributed by atoms with Crippen molar-refractivity contribution in [1.82, 2.24) is 21.3 Å². The van der Waals surface area contributed by atoms with Gasteiger partial charge in [-0.3, -0.25) is 0 Å². The molecule has 8 bridgehead atoms. The lowest BCUT2D eigenvalue weighted by Gasteiger charge is -2.29. The average molecular weight is 1300 g/mol. The van der Waals surface area contributed by atoms with Gasteiger partial charge in [-0.15, -0.1) is 0 Å². The Morgan fingerprint density at radius 3 is 0.598 bits per heavy atom. The highest BCUT2D eigenvalue weighted by Crippen LogP contribution is 2.45. The summed E-state index contributed by atoms with van der Waals surface area (Å²) in [5.74, 6) is 3.07. The van der Waals surface area contributed by atoms with Crippen LogP contribution >= 0.6 is 48.9 Å². The Balaban J connectivity index is 1.29. The Hall–Kier alpha value is -7.48. The molecule has 0 unspecified atom stereocenters. The Labute approximate surface area is 570 Å². The van der Waals surface area contributed by atoms with E-state index in [1.165, 1.54) is 22.3 Å². The first-order valence-electron chi connectivity index (χ1n) is 32.1. The molecule has 0 saturated heterocycles. The molecule has 0 spiro atoms. The molecule has 0 aliphatic heterocycles. The molecule has 8 aromatic carbocycles. The molecule has 0 saturated carbocycles. The summed E-state index contributed by atoms with van der Waals surface area (Å²) in [5.41, 5.74) is 16.2. The van der Waals surface area contributed by atoms with Crippen molar-refractivity contribution in [3.05, 3.63) is 259 Å². The minimum atomic E-state index is -0.263. The number of ether oxygens (including phenoxy) is 4. The van der Waals surface area contributed by atoms with Crippen molar-refractivity contribution in [2.75, 3.05) is 26.4 Å². The molecular formula is C80H92N4O4S4. The average Bonchev–Trinajstić information content (AvgIpc) is 0.780. The lowest BCUT2D eigenvalue weighted by molar-refractivity contribution is 0.357. The standard InChI is InChI=1S/C80H92N4O4S4/c1-77(2,3)65-37-57-33-59-39-66(78(4,5)6)41-61(74(59)86-50-70(90)82-46-54-27-19-14-20-28-54)35-63-43-68(80(10,11)12)44-64(76(63)88-52-72(92)84-48-56-31-23-16-24-32-56)36-62-42-67(79(7,8)9)40-60(75(62)87-51-71(91)83-47-55-29-21-15-22-30-55)34-58(38-65)73(57)85-49-69(89)81-45-53-25-17-13-18-26-53/h13-32,37-44H,33-36,45-52H2,1-12H3,(H,81,89)(H,82,90)(H,83,91)(H,84,92). The van der Waals surface area contributed by atoms with E-state index >= 15 is 0 Å². The maximum atomic E-state index is 7.30. The molecule has 1 aliphatic rings. The van der Waals surface area contributed by atoms with Crippen LogP contribution in [-0.2, 0) is 73.5 Å². The first kappa shape index (κ1) is 68.9. The molecule has 12 heteroatoms. The fourth-order valence-corrected chi connectivity index (χ4v) is 11.8. The Kier molecular flexibility index (Phi) is 22.8. The third-order valence-corrected chi connectivity index (χ3v) is 17.7. The van der Waals surface area contributed by atoms with Crippen molar-refractivity contribution in [1.29, 1.82) is 0 Å². The molecule has 9 rings (SSSR count). The molecule has 8 aromatic rings. The molecule has 8 nitrogen and oxygen atoms in total. The molecule has 0 radical (unpaired) electrons. The first-order valence-corrected chi connectivity index (χ1v) is 33.8. The van der Waals surface area contributed by atoms with E-state index in [1.807, 2.05) is 72.8 Å². The van der Waals surface area contributed by atoms with Crippen LogP contribution in [0.25, 0.3) is 0 Å². The first-order chi connectivity index (χ1) is 43.7. The molecule has 0 fully saturated rings. The van der Waals surface area contributed by atoms with Gasteiger partial charge in [-0.2, -0.15) is 0 Å². The topological polar surface area (TPSA) is 85.0 Å². The maximum Gasteiger partial charge on any atom is 0.138 e. The van der Waals surface area contributed by atoms with Crippen LogP contribution in [0.4, 0.5) is 0 Å². The predicted molar refractivity (Wildman–Crippen MR) is 397 cm³/mol. The second-order valence-electron chi connectivity index (χ2n) is 28.4. The van der Waals surface area contributed by atoms with Crippen LogP contribution in [-0.4, -0.2) is 46.4 Å². The van der Waals surface area contributed by atoms with Gasteiger partial charge < -0.3 is 40.2 Å². The van der Waals surface area contributed by atoms with Crippen molar-refractivity contribution < 1.29 is 18.9 Å². The van der Waals surface area contributed by atoms with Gasteiger partial charge in [0.1, 0.15) is 69.4 Å². The van der Waals surface area contributed by atoms with Gasteiger partial charge in [0.05, 0.1) is 0 Å². The molecule has 480 valence electrons. The SMILES string of the molecule is CC(C)(C)c1cc2c(OCC(=S)NCc3ccccc3)c(c1)Cc1cc(C(C)(C)C)cc(c1OCC(=S)NCc1ccccc1)Cc1cc(C(C)(C)C)cc(c1OCC(=S)NCc1ccccc1)Cc1cc(C(C)(C)C)cc(c1OCC(=S)NCc1ccccc1)C2. The Bertz CT molecular complexity index is 3280. The number of rotatable bonds is 20. The monoisotopic (exact) mass is 1300 g/mol. The minimum Gasteiger partial charge on any atom is -0.486 e. The number of benzene rings is 8. The number of fused-ring (bicyclic) bond motifs is 8. The molecule has 0 amide bonds. The molecule has 0 heterocycles. The van der Waals surface area contributed by atoms with Crippen LogP contribution in [0.3, 0.4) is 0 Å². The summed E-state index contributed by atoms with van der Waals surface area (Å²) in [7, 11) is 0. The summed E-state index contributed by atoms with van der Waals surface area (Å²) in [5, 5.41) is 14.0. The van der Waals surface area contributed by atoms with Crippen LogP contribution in [0.15, 0.2) is 170 Å². The lowest BCUT2D eigenvalue weighted by atomic mass is 9.79. The summed E-state index contributed by atoms with van der Waals surface area (Å²) in [4.78, 5) is 2.41. The van der Waals surface area contributed by atoms with Gasteiger partial charge in [0.25, 0.3) is 0 Å². The normalized spacial score (nSPS) is 12.5. The van der Waals surface area contributed by atoms with E-state index in [0.29, 0.717) is 71.8 Å². The predicted octanol–water partition coefficient (Wildman–Crippen LogP) is 17.5. The van der Waals surface area contributed by atoms with E-state index in [4.69, 9.17) is 67.8 Å². The largest absolute Gasteiger partial charge is 0.486 e. The summed E-state index contributed by atoms with van der Waals surface area (Å²) in [6.07, 6.45) is 1.84. The summed E-state index contributed by atoms with van der Waals surface area (Å²) in [6, 6.07) is 60.0. The summed E-state index contributed by atoms with van der Waals surface area (Å²) < 4.78 is 29.2. The summed E-state index contributed by atoms with van der Waals surface area (Å²) >= 11 is 24.6. The summed E-state index contributed by atoms with van der Waals surface area (Å²) in [6.45, 7) is 30.3. The van der Waals surface area contributed by atoms with Gasteiger partial charge in [0.15, 0.2) is 0 Å². The molecule has 1 aliphatic carbocycles. The molecule has 0 aromatic heterocycles. The number of thiocarbonyl (C=S) groups is 4. The third kappa shape index (κ3) is 19.3. The van der Waals surface area contributed by atoms with E-state index < -0.39 is 0 Å². The van der Waals surface area contributed by atoms with Crippen LogP contribution in [0.2, 0.25) is 0 Å². The zero-order valence-corrected chi connectivity index (χ0v) is 59.2. The fraction of sp³-hybridized carbons (Fsp3) is 0.350. The maximum absolute atomic E-state index is 7.30. The molecule has 92 heavy (non-hydrogen) atoms. The van der Waals surface area contributed by atoms with Crippen LogP contribution in [0, 0.1) is 0 Å². The van der Waals surface area contributed by atoms with Crippen molar-refractivity contribution in [3.63, 3.8) is 0 Å². The van der Waals surface area contributed by atoms with Gasteiger partial charge in [-0.25, -0.2) is 0 Å². The van der Waals surface area contributed by atoms with Crippen LogP contribution < -0.4 is 40.2 Å².